The summed E-state index contributed by atoms with van der Waals surface area (Å²) in [6.07, 6.45) is 9.33. The molecule has 27 heavy (non-hydrogen) atoms. The Morgan fingerprint density at radius 2 is 1.96 bits per heavy atom. The SMILES string of the molecule is C#CCOc1ccc(/C=C2\SC(=O)N(c3ccccc3)C2=O)cc1CC=C. The van der Waals surface area contributed by atoms with Gasteiger partial charge in [0.15, 0.2) is 0 Å². The number of hydrogen-bond donors (Lipinski definition) is 0. The van der Waals surface area contributed by atoms with E-state index in [9.17, 15) is 9.59 Å². The van der Waals surface area contributed by atoms with Gasteiger partial charge >= 0.3 is 0 Å². The van der Waals surface area contributed by atoms with Gasteiger partial charge < -0.3 is 4.74 Å². The topological polar surface area (TPSA) is 46.6 Å². The number of anilines is 1. The molecule has 2 amide bonds. The molecule has 0 bridgehead atoms. The minimum Gasteiger partial charge on any atom is -0.481 e. The average Bonchev–Trinajstić information content (AvgIpc) is 2.95. The van der Waals surface area contributed by atoms with Gasteiger partial charge in [-0.2, -0.15) is 0 Å². The smallest absolute Gasteiger partial charge is 0.298 e. The Balaban J connectivity index is 1.89. The van der Waals surface area contributed by atoms with Crippen molar-refractivity contribution in [1.82, 2.24) is 0 Å². The van der Waals surface area contributed by atoms with Gasteiger partial charge in [-0.15, -0.1) is 13.0 Å². The highest BCUT2D eigenvalue weighted by atomic mass is 32.2. The van der Waals surface area contributed by atoms with Gasteiger partial charge in [-0.3, -0.25) is 9.59 Å². The molecule has 1 aliphatic heterocycles. The third-order valence-electron chi connectivity index (χ3n) is 3.87. The van der Waals surface area contributed by atoms with Crippen LogP contribution in [0.3, 0.4) is 0 Å². The summed E-state index contributed by atoms with van der Waals surface area (Å²) >= 11 is 0.929. The van der Waals surface area contributed by atoms with Crippen LogP contribution < -0.4 is 9.64 Å². The number of carbonyl (C=O) groups is 2. The van der Waals surface area contributed by atoms with E-state index >= 15 is 0 Å². The number of nitrogens with zero attached hydrogens (tertiary/aromatic N) is 1. The van der Waals surface area contributed by atoms with Gasteiger partial charge in [0.2, 0.25) is 0 Å². The first-order valence-corrected chi connectivity index (χ1v) is 9.08. The summed E-state index contributed by atoms with van der Waals surface area (Å²) in [5.74, 6) is 2.80. The molecule has 0 radical (unpaired) electrons. The molecule has 1 aliphatic rings. The zero-order chi connectivity index (χ0) is 19.2. The van der Waals surface area contributed by atoms with E-state index in [1.807, 2.05) is 24.3 Å². The minimum atomic E-state index is -0.325. The molecule has 0 aromatic heterocycles. The zero-order valence-electron chi connectivity index (χ0n) is 14.6. The van der Waals surface area contributed by atoms with E-state index < -0.39 is 0 Å². The first kappa shape index (κ1) is 18.6. The highest BCUT2D eigenvalue weighted by molar-refractivity contribution is 8.19. The van der Waals surface area contributed by atoms with E-state index in [-0.39, 0.29) is 17.8 Å². The number of imide groups is 1. The van der Waals surface area contributed by atoms with Crippen LogP contribution in [0.4, 0.5) is 10.5 Å². The molecule has 5 heteroatoms. The molecule has 2 aromatic carbocycles. The van der Waals surface area contributed by atoms with Crippen molar-refractivity contribution in [2.45, 2.75) is 6.42 Å². The summed E-state index contributed by atoms with van der Waals surface area (Å²) < 4.78 is 5.54. The molecular formula is C22H17NO3S. The number of carbonyl (C=O) groups excluding carboxylic acids is 2. The van der Waals surface area contributed by atoms with E-state index in [4.69, 9.17) is 11.2 Å². The molecular weight excluding hydrogens is 358 g/mol. The first-order valence-electron chi connectivity index (χ1n) is 8.27. The van der Waals surface area contributed by atoms with Gasteiger partial charge in [-0.05, 0) is 59.7 Å². The lowest BCUT2D eigenvalue weighted by Gasteiger charge is -2.11. The lowest BCUT2D eigenvalue weighted by molar-refractivity contribution is -0.113. The summed E-state index contributed by atoms with van der Waals surface area (Å²) in [5, 5.41) is -0.308. The fourth-order valence-corrected chi connectivity index (χ4v) is 3.52. The van der Waals surface area contributed by atoms with Crippen LogP contribution in [0, 0.1) is 12.3 Å². The Hall–Kier alpha value is -3.23. The van der Waals surface area contributed by atoms with E-state index in [0.717, 1.165) is 22.9 Å². The number of ether oxygens (including phenoxy) is 1. The van der Waals surface area contributed by atoms with Gasteiger partial charge in [-0.1, -0.05) is 36.3 Å². The molecule has 0 atom stereocenters. The number of para-hydroxylation sites is 1. The monoisotopic (exact) mass is 375 g/mol. The quantitative estimate of drug-likeness (QED) is 0.418. The normalized spacial score (nSPS) is 15.1. The highest BCUT2D eigenvalue weighted by Gasteiger charge is 2.36. The first-order chi connectivity index (χ1) is 13.1. The third-order valence-corrected chi connectivity index (χ3v) is 4.74. The van der Waals surface area contributed by atoms with E-state index in [2.05, 4.69) is 12.5 Å². The van der Waals surface area contributed by atoms with E-state index in [0.29, 0.717) is 22.8 Å². The number of rotatable bonds is 6. The van der Waals surface area contributed by atoms with Crippen LogP contribution in [0.2, 0.25) is 0 Å². The standard InChI is InChI=1S/C22H17NO3S/c1-3-8-17-14-16(11-12-19(17)26-13-4-2)15-20-21(24)23(22(25)27-20)18-9-6-5-7-10-18/h2-3,5-7,9-12,14-15H,1,8,13H2/b20-15-. The number of allylic oxidation sites excluding steroid dienone is 1. The summed E-state index contributed by atoms with van der Waals surface area (Å²) in [4.78, 5) is 26.6. The maximum Gasteiger partial charge on any atom is 0.298 e. The Bertz CT molecular complexity index is 957. The Labute approximate surface area is 162 Å². The van der Waals surface area contributed by atoms with Gasteiger partial charge in [0.1, 0.15) is 12.4 Å². The van der Waals surface area contributed by atoms with Crippen LogP contribution in [-0.2, 0) is 11.2 Å². The number of hydrogen-bond acceptors (Lipinski definition) is 4. The van der Waals surface area contributed by atoms with Gasteiger partial charge in [0.25, 0.3) is 11.1 Å². The van der Waals surface area contributed by atoms with Crippen LogP contribution in [0.25, 0.3) is 6.08 Å². The fourth-order valence-electron chi connectivity index (χ4n) is 2.68. The second-order valence-electron chi connectivity index (χ2n) is 5.71. The van der Waals surface area contributed by atoms with Crippen molar-refractivity contribution in [3.8, 4) is 18.1 Å². The number of thioether (sulfide) groups is 1. The molecule has 0 unspecified atom stereocenters. The second-order valence-corrected chi connectivity index (χ2v) is 6.70. The van der Waals surface area contributed by atoms with Crippen molar-refractivity contribution in [3.63, 3.8) is 0 Å². The van der Waals surface area contributed by atoms with Crippen molar-refractivity contribution < 1.29 is 14.3 Å². The summed E-state index contributed by atoms with van der Waals surface area (Å²) in [6.45, 7) is 3.93. The van der Waals surface area contributed by atoms with Crippen molar-refractivity contribution in [2.24, 2.45) is 0 Å². The van der Waals surface area contributed by atoms with Crippen molar-refractivity contribution in [3.05, 3.63) is 77.2 Å². The lowest BCUT2D eigenvalue weighted by atomic mass is 10.1. The molecule has 134 valence electrons. The zero-order valence-corrected chi connectivity index (χ0v) is 15.4. The molecule has 0 spiro atoms. The molecule has 4 nitrogen and oxygen atoms in total. The average molecular weight is 375 g/mol. The third kappa shape index (κ3) is 4.13. The summed E-state index contributed by atoms with van der Waals surface area (Å²) in [6, 6.07) is 14.4. The van der Waals surface area contributed by atoms with Crippen molar-refractivity contribution in [1.29, 1.82) is 0 Å². The van der Waals surface area contributed by atoms with Crippen LogP contribution in [0.1, 0.15) is 11.1 Å². The minimum absolute atomic E-state index is 0.180. The van der Waals surface area contributed by atoms with Crippen LogP contribution in [-0.4, -0.2) is 17.8 Å². The Morgan fingerprint density at radius 3 is 2.67 bits per heavy atom. The van der Waals surface area contributed by atoms with Gasteiger partial charge in [-0.25, -0.2) is 4.90 Å². The maximum absolute atomic E-state index is 12.7. The van der Waals surface area contributed by atoms with Crippen LogP contribution in [0.15, 0.2) is 66.1 Å². The number of benzene rings is 2. The largest absolute Gasteiger partial charge is 0.481 e. The fraction of sp³-hybridized carbons (Fsp3) is 0.0909. The molecule has 3 rings (SSSR count). The van der Waals surface area contributed by atoms with E-state index in [1.165, 1.54) is 4.90 Å². The predicted octanol–water partition coefficient (Wildman–Crippen LogP) is 4.67. The Morgan fingerprint density at radius 1 is 1.19 bits per heavy atom. The summed E-state index contributed by atoms with van der Waals surface area (Å²) in [5.41, 5.74) is 2.28. The second kappa shape index (κ2) is 8.43. The van der Waals surface area contributed by atoms with Crippen molar-refractivity contribution >= 4 is 34.7 Å². The van der Waals surface area contributed by atoms with E-state index in [1.54, 1.807) is 36.4 Å². The number of amides is 2. The predicted molar refractivity (Wildman–Crippen MR) is 110 cm³/mol. The van der Waals surface area contributed by atoms with Crippen LogP contribution in [0.5, 0.6) is 5.75 Å². The molecule has 0 N–H and O–H groups in total. The molecule has 1 fully saturated rings. The Kier molecular flexibility index (Phi) is 5.80. The van der Waals surface area contributed by atoms with Gasteiger partial charge in [0.05, 0.1) is 10.6 Å². The molecule has 0 aliphatic carbocycles. The summed E-state index contributed by atoms with van der Waals surface area (Å²) in [7, 11) is 0. The molecule has 1 heterocycles. The van der Waals surface area contributed by atoms with Crippen LogP contribution >= 0.6 is 11.8 Å². The number of terminal acetylenes is 1. The molecule has 0 saturated carbocycles. The van der Waals surface area contributed by atoms with Gasteiger partial charge in [0, 0.05) is 0 Å². The maximum atomic E-state index is 12.7. The molecule has 1 saturated heterocycles. The molecule has 2 aromatic rings. The lowest BCUT2D eigenvalue weighted by Crippen LogP contribution is -2.27. The highest BCUT2D eigenvalue weighted by Crippen LogP contribution is 2.36. The van der Waals surface area contributed by atoms with Crippen molar-refractivity contribution in [2.75, 3.05) is 11.5 Å².